The number of ether oxygens (including phenoxy) is 2. The number of benzene rings is 1. The highest BCUT2D eigenvalue weighted by atomic mass is 35.5. The summed E-state index contributed by atoms with van der Waals surface area (Å²) < 4.78 is 11.1. The lowest BCUT2D eigenvalue weighted by atomic mass is 10.2. The second-order valence-corrected chi connectivity index (χ2v) is 6.48. The minimum atomic E-state index is 0.265. The van der Waals surface area contributed by atoms with E-state index >= 15 is 0 Å². The van der Waals surface area contributed by atoms with Crippen molar-refractivity contribution in [1.29, 1.82) is 0 Å². The summed E-state index contributed by atoms with van der Waals surface area (Å²) in [6, 6.07) is 3.95. The molecule has 0 saturated heterocycles. The molecule has 0 unspecified atom stereocenters. The summed E-state index contributed by atoms with van der Waals surface area (Å²) in [6.07, 6.45) is 4.83. The molecule has 98 valence electrons. The van der Waals surface area contributed by atoms with E-state index < -0.39 is 0 Å². The van der Waals surface area contributed by atoms with Crippen molar-refractivity contribution in [2.24, 2.45) is 0 Å². The Hall–Kier alpha value is -0.580. The normalized spacial score (nSPS) is 19.0. The zero-order valence-electron chi connectivity index (χ0n) is 10.3. The first kappa shape index (κ1) is 12.5. The summed E-state index contributed by atoms with van der Waals surface area (Å²) in [6.45, 7) is 2.14. The van der Waals surface area contributed by atoms with Crippen molar-refractivity contribution in [3.63, 3.8) is 0 Å². The van der Waals surface area contributed by atoms with Gasteiger partial charge in [-0.1, -0.05) is 11.6 Å². The molecule has 3 rings (SSSR count). The largest absolute Gasteiger partial charge is 0.454 e. The summed E-state index contributed by atoms with van der Waals surface area (Å²) in [5, 5.41) is 4.13. The summed E-state index contributed by atoms with van der Waals surface area (Å²) >= 11 is 8.11. The molecular formula is C13H16ClNO2S. The molecule has 1 heterocycles. The molecule has 0 amide bonds. The fourth-order valence-electron chi connectivity index (χ4n) is 2.15. The maximum Gasteiger partial charge on any atom is 0.231 e. The van der Waals surface area contributed by atoms with Crippen molar-refractivity contribution in [2.45, 2.75) is 24.1 Å². The van der Waals surface area contributed by atoms with Crippen molar-refractivity contribution in [1.82, 2.24) is 5.32 Å². The molecule has 5 heteroatoms. The molecule has 1 aromatic carbocycles. The van der Waals surface area contributed by atoms with Crippen LogP contribution < -0.4 is 14.8 Å². The Morgan fingerprint density at radius 2 is 2.22 bits per heavy atom. The molecule has 1 N–H and O–H groups in total. The van der Waals surface area contributed by atoms with Gasteiger partial charge in [0.2, 0.25) is 6.79 Å². The van der Waals surface area contributed by atoms with Crippen molar-refractivity contribution < 1.29 is 9.47 Å². The van der Waals surface area contributed by atoms with Crippen LogP contribution in [0.4, 0.5) is 0 Å². The van der Waals surface area contributed by atoms with Gasteiger partial charge in [-0.15, -0.1) is 0 Å². The molecule has 0 atom stereocenters. The average molecular weight is 286 g/mol. The van der Waals surface area contributed by atoms with Crippen LogP contribution in [-0.4, -0.2) is 24.3 Å². The van der Waals surface area contributed by atoms with Crippen molar-refractivity contribution in [3.8, 4) is 11.5 Å². The van der Waals surface area contributed by atoms with Gasteiger partial charge in [0.05, 0.1) is 5.02 Å². The van der Waals surface area contributed by atoms with Gasteiger partial charge in [-0.2, -0.15) is 11.8 Å². The molecule has 0 spiro atoms. The average Bonchev–Trinajstić information content (AvgIpc) is 2.97. The number of hydrogen-bond acceptors (Lipinski definition) is 4. The van der Waals surface area contributed by atoms with Crippen LogP contribution in [0.2, 0.25) is 5.02 Å². The van der Waals surface area contributed by atoms with E-state index in [2.05, 4.69) is 11.6 Å². The van der Waals surface area contributed by atoms with E-state index in [0.29, 0.717) is 15.5 Å². The highest BCUT2D eigenvalue weighted by Gasteiger charge is 2.41. The van der Waals surface area contributed by atoms with Gasteiger partial charge in [-0.3, -0.25) is 0 Å². The van der Waals surface area contributed by atoms with Gasteiger partial charge in [0, 0.05) is 17.8 Å². The molecule has 1 aromatic rings. The number of hydrogen-bond donors (Lipinski definition) is 1. The first-order valence-corrected chi connectivity index (χ1v) is 7.67. The smallest absolute Gasteiger partial charge is 0.231 e. The van der Waals surface area contributed by atoms with Crippen LogP contribution >= 0.6 is 23.4 Å². The maximum atomic E-state index is 6.15. The van der Waals surface area contributed by atoms with Gasteiger partial charge in [-0.25, -0.2) is 0 Å². The summed E-state index contributed by atoms with van der Waals surface area (Å²) in [7, 11) is 0. The van der Waals surface area contributed by atoms with Gasteiger partial charge in [0.25, 0.3) is 0 Å². The van der Waals surface area contributed by atoms with Crippen LogP contribution in [0.5, 0.6) is 11.5 Å². The third-order valence-corrected chi connectivity index (χ3v) is 5.20. The number of nitrogens with one attached hydrogen (secondary N) is 1. The summed E-state index contributed by atoms with van der Waals surface area (Å²) in [5.74, 6) is 1.42. The third kappa shape index (κ3) is 2.42. The Balaban J connectivity index is 1.61. The van der Waals surface area contributed by atoms with Crippen LogP contribution in [0, 0.1) is 0 Å². The van der Waals surface area contributed by atoms with Crippen molar-refractivity contribution in [2.75, 3.05) is 19.6 Å². The predicted octanol–water partition coefficient (Wildman–Crippen LogP) is 3.05. The van der Waals surface area contributed by atoms with Gasteiger partial charge < -0.3 is 14.8 Å². The Bertz CT molecular complexity index is 463. The van der Waals surface area contributed by atoms with E-state index in [9.17, 15) is 0 Å². The van der Waals surface area contributed by atoms with Crippen molar-refractivity contribution in [3.05, 3.63) is 22.7 Å². The molecule has 2 aliphatic rings. The predicted molar refractivity (Wildman–Crippen MR) is 74.8 cm³/mol. The van der Waals surface area contributed by atoms with E-state index in [1.165, 1.54) is 12.8 Å². The highest BCUT2D eigenvalue weighted by Crippen LogP contribution is 2.46. The molecule has 1 aliphatic carbocycles. The summed E-state index contributed by atoms with van der Waals surface area (Å²) in [4.78, 5) is 0. The van der Waals surface area contributed by atoms with E-state index in [0.717, 1.165) is 24.4 Å². The van der Waals surface area contributed by atoms with Crippen LogP contribution in [0.25, 0.3) is 0 Å². The van der Waals surface area contributed by atoms with E-state index in [1.54, 1.807) is 0 Å². The molecule has 0 bridgehead atoms. The van der Waals surface area contributed by atoms with Crippen LogP contribution in [0.15, 0.2) is 12.1 Å². The fraction of sp³-hybridized carbons (Fsp3) is 0.538. The molecule has 0 aromatic heterocycles. The minimum Gasteiger partial charge on any atom is -0.454 e. The molecular weight excluding hydrogens is 270 g/mol. The monoisotopic (exact) mass is 285 g/mol. The topological polar surface area (TPSA) is 30.5 Å². The zero-order chi connectivity index (χ0) is 12.6. The van der Waals surface area contributed by atoms with Gasteiger partial charge >= 0.3 is 0 Å². The highest BCUT2D eigenvalue weighted by molar-refractivity contribution is 8.00. The maximum absolute atomic E-state index is 6.15. The first-order chi connectivity index (χ1) is 8.72. The lowest BCUT2D eigenvalue weighted by molar-refractivity contribution is 0.174. The number of thioether (sulfide) groups is 1. The van der Waals surface area contributed by atoms with Crippen molar-refractivity contribution >= 4 is 23.4 Å². The standard InChI is InChI=1S/C13H16ClNO2S/c1-18-13(2-3-13)7-15-6-9-4-10(14)12-11(5-9)16-8-17-12/h4-5,15H,2-3,6-8H2,1H3. The molecule has 1 aliphatic heterocycles. The van der Waals surface area contributed by atoms with E-state index in [1.807, 2.05) is 23.9 Å². The number of rotatable bonds is 5. The van der Waals surface area contributed by atoms with Crippen LogP contribution in [-0.2, 0) is 6.54 Å². The lowest BCUT2D eigenvalue weighted by Crippen LogP contribution is -2.25. The quantitative estimate of drug-likeness (QED) is 0.901. The lowest BCUT2D eigenvalue weighted by Gasteiger charge is -2.13. The van der Waals surface area contributed by atoms with E-state index in [-0.39, 0.29) is 6.79 Å². The van der Waals surface area contributed by atoms with E-state index in [4.69, 9.17) is 21.1 Å². The van der Waals surface area contributed by atoms with Crippen LogP contribution in [0.1, 0.15) is 18.4 Å². The summed E-state index contributed by atoms with van der Waals surface area (Å²) in [5.41, 5.74) is 1.14. The van der Waals surface area contributed by atoms with Gasteiger partial charge in [-0.05, 0) is 36.8 Å². The third-order valence-electron chi connectivity index (χ3n) is 3.50. The molecule has 3 nitrogen and oxygen atoms in total. The Morgan fingerprint density at radius 1 is 1.39 bits per heavy atom. The second-order valence-electron chi connectivity index (χ2n) is 4.80. The van der Waals surface area contributed by atoms with Crippen LogP contribution in [0.3, 0.4) is 0 Å². The number of fused-ring (bicyclic) bond motifs is 1. The zero-order valence-corrected chi connectivity index (χ0v) is 11.9. The SMILES string of the molecule is CSC1(CNCc2cc(Cl)c3c(c2)OCO3)CC1. The fourth-order valence-corrected chi connectivity index (χ4v) is 3.19. The van der Waals surface area contributed by atoms with Gasteiger partial charge in [0.15, 0.2) is 11.5 Å². The second kappa shape index (κ2) is 4.83. The minimum absolute atomic E-state index is 0.265. The Labute approximate surface area is 116 Å². The Kier molecular flexibility index (Phi) is 3.34. The first-order valence-electron chi connectivity index (χ1n) is 6.06. The molecule has 1 saturated carbocycles. The molecule has 0 radical (unpaired) electrons. The number of halogens is 1. The molecule has 1 fully saturated rings. The molecule has 18 heavy (non-hydrogen) atoms. The Morgan fingerprint density at radius 3 is 2.94 bits per heavy atom. The van der Waals surface area contributed by atoms with Gasteiger partial charge in [0.1, 0.15) is 0 Å².